The van der Waals surface area contributed by atoms with Crippen molar-refractivity contribution in [2.75, 3.05) is 11.9 Å². The Bertz CT molecular complexity index is 633. The zero-order chi connectivity index (χ0) is 15.6. The summed E-state index contributed by atoms with van der Waals surface area (Å²) in [4.78, 5) is 13.1. The summed E-state index contributed by atoms with van der Waals surface area (Å²) in [6, 6.07) is 0. The van der Waals surface area contributed by atoms with Crippen LogP contribution in [0.2, 0.25) is 5.15 Å². The van der Waals surface area contributed by atoms with Gasteiger partial charge in [-0.2, -0.15) is 4.98 Å². The molecule has 0 fully saturated rings. The Hall–Kier alpha value is -1.69. The molecule has 0 aliphatic rings. The first-order valence-corrected chi connectivity index (χ1v) is 7.23. The highest BCUT2D eigenvalue weighted by Gasteiger charge is 2.20. The van der Waals surface area contributed by atoms with Crippen molar-refractivity contribution in [2.45, 2.75) is 46.5 Å². The Kier molecular flexibility index (Phi) is 4.46. The van der Waals surface area contributed by atoms with Gasteiger partial charge in [-0.25, -0.2) is 9.97 Å². The summed E-state index contributed by atoms with van der Waals surface area (Å²) >= 11 is 6.19. The fourth-order valence-electron chi connectivity index (χ4n) is 1.73. The Balaban J connectivity index is 2.10. The normalized spacial score (nSPS) is 11.7. The van der Waals surface area contributed by atoms with Crippen LogP contribution in [0.25, 0.3) is 0 Å². The maximum atomic E-state index is 6.19. The van der Waals surface area contributed by atoms with Gasteiger partial charge in [-0.15, -0.1) is 0 Å². The van der Waals surface area contributed by atoms with E-state index in [4.69, 9.17) is 16.1 Å². The molecule has 0 aromatic carbocycles. The lowest BCUT2D eigenvalue weighted by atomic mass is 9.95. The van der Waals surface area contributed by atoms with Gasteiger partial charge in [0, 0.05) is 23.9 Å². The maximum Gasteiger partial charge on any atom is 0.228 e. The van der Waals surface area contributed by atoms with Crippen molar-refractivity contribution < 1.29 is 4.52 Å². The third kappa shape index (κ3) is 3.91. The van der Waals surface area contributed by atoms with E-state index >= 15 is 0 Å². The second-order valence-electron chi connectivity index (χ2n) is 5.97. The minimum Gasteiger partial charge on any atom is -0.369 e. The summed E-state index contributed by atoms with van der Waals surface area (Å²) in [6.45, 7) is 10.5. The zero-order valence-electron chi connectivity index (χ0n) is 13.0. The molecule has 0 radical (unpaired) electrons. The van der Waals surface area contributed by atoms with Crippen molar-refractivity contribution in [1.82, 2.24) is 20.1 Å². The van der Waals surface area contributed by atoms with Crippen LogP contribution < -0.4 is 5.32 Å². The van der Waals surface area contributed by atoms with Gasteiger partial charge in [-0.05, 0) is 13.8 Å². The average Bonchev–Trinajstić information content (AvgIpc) is 2.79. The molecule has 0 aliphatic carbocycles. The Morgan fingerprint density at radius 3 is 2.43 bits per heavy atom. The second kappa shape index (κ2) is 5.97. The molecule has 114 valence electrons. The van der Waals surface area contributed by atoms with Crippen LogP contribution in [0.5, 0.6) is 0 Å². The summed E-state index contributed by atoms with van der Waals surface area (Å²) in [5.41, 5.74) is 0.684. The molecule has 0 saturated heterocycles. The van der Waals surface area contributed by atoms with E-state index in [2.05, 4.69) is 46.2 Å². The van der Waals surface area contributed by atoms with Crippen molar-refractivity contribution in [3.63, 3.8) is 0 Å². The fourth-order valence-corrected chi connectivity index (χ4v) is 1.90. The van der Waals surface area contributed by atoms with Gasteiger partial charge in [-0.3, -0.25) is 0 Å². The van der Waals surface area contributed by atoms with E-state index in [9.17, 15) is 0 Å². The number of hydrogen-bond acceptors (Lipinski definition) is 6. The van der Waals surface area contributed by atoms with Crippen molar-refractivity contribution in [3.05, 3.63) is 28.3 Å². The molecule has 0 aliphatic heterocycles. The second-order valence-corrected chi connectivity index (χ2v) is 6.33. The highest BCUT2D eigenvalue weighted by atomic mass is 35.5. The summed E-state index contributed by atoms with van der Waals surface area (Å²) in [6.07, 6.45) is 0.632. The van der Waals surface area contributed by atoms with Crippen molar-refractivity contribution in [3.8, 4) is 0 Å². The topological polar surface area (TPSA) is 76.7 Å². The van der Waals surface area contributed by atoms with Crippen LogP contribution >= 0.6 is 11.6 Å². The molecule has 1 N–H and O–H groups in total. The first kappa shape index (κ1) is 15.7. The van der Waals surface area contributed by atoms with Crippen LogP contribution in [-0.4, -0.2) is 26.7 Å². The van der Waals surface area contributed by atoms with Gasteiger partial charge >= 0.3 is 0 Å². The molecule has 7 heteroatoms. The van der Waals surface area contributed by atoms with Crippen LogP contribution in [-0.2, 0) is 11.8 Å². The molecule has 0 atom stereocenters. The SMILES string of the molecule is Cc1noc(CCNc2nc(C(C)(C)C)nc(Cl)c2C)n1. The lowest BCUT2D eigenvalue weighted by molar-refractivity contribution is 0.377. The summed E-state index contributed by atoms with van der Waals surface area (Å²) in [5, 5.41) is 7.50. The number of halogens is 1. The summed E-state index contributed by atoms with van der Waals surface area (Å²) < 4.78 is 5.07. The van der Waals surface area contributed by atoms with E-state index in [1.165, 1.54) is 0 Å². The number of hydrogen-bond donors (Lipinski definition) is 1. The summed E-state index contributed by atoms with van der Waals surface area (Å²) in [7, 11) is 0. The van der Waals surface area contributed by atoms with E-state index in [-0.39, 0.29) is 5.41 Å². The zero-order valence-corrected chi connectivity index (χ0v) is 13.7. The molecule has 0 unspecified atom stereocenters. The van der Waals surface area contributed by atoms with Gasteiger partial charge in [0.1, 0.15) is 16.8 Å². The van der Waals surface area contributed by atoms with Crippen molar-refractivity contribution >= 4 is 17.4 Å². The molecule has 2 aromatic rings. The van der Waals surface area contributed by atoms with Crippen molar-refractivity contribution in [1.29, 1.82) is 0 Å². The van der Waals surface area contributed by atoms with Gasteiger partial charge < -0.3 is 9.84 Å². The van der Waals surface area contributed by atoms with Gasteiger partial charge in [0.15, 0.2) is 5.82 Å². The van der Waals surface area contributed by atoms with Crippen LogP contribution in [0.1, 0.15) is 43.9 Å². The maximum absolute atomic E-state index is 6.19. The van der Waals surface area contributed by atoms with Crippen LogP contribution in [0.3, 0.4) is 0 Å². The lowest BCUT2D eigenvalue weighted by Crippen LogP contribution is -2.19. The average molecular weight is 310 g/mol. The molecule has 0 saturated carbocycles. The lowest BCUT2D eigenvalue weighted by Gasteiger charge is -2.19. The number of nitrogens with zero attached hydrogens (tertiary/aromatic N) is 4. The minimum atomic E-state index is -0.155. The standard InChI is InChI=1S/C14H20ClN5O/c1-8-11(15)18-13(14(3,4)5)19-12(8)16-7-6-10-17-9(2)20-21-10/h6-7H2,1-5H3,(H,16,18,19). The van der Waals surface area contributed by atoms with Crippen LogP contribution in [0.15, 0.2) is 4.52 Å². The molecule has 0 spiro atoms. The van der Waals surface area contributed by atoms with Gasteiger partial charge in [0.2, 0.25) is 5.89 Å². The van der Waals surface area contributed by atoms with Crippen LogP contribution in [0, 0.1) is 13.8 Å². The van der Waals surface area contributed by atoms with E-state index in [0.29, 0.717) is 35.7 Å². The largest absolute Gasteiger partial charge is 0.369 e. The monoisotopic (exact) mass is 309 g/mol. The Morgan fingerprint density at radius 1 is 1.14 bits per heavy atom. The van der Waals surface area contributed by atoms with Gasteiger partial charge in [0.05, 0.1) is 0 Å². The quantitative estimate of drug-likeness (QED) is 0.875. The summed E-state index contributed by atoms with van der Waals surface area (Å²) in [5.74, 6) is 2.71. The first-order chi connectivity index (χ1) is 9.77. The predicted molar refractivity (Wildman–Crippen MR) is 81.7 cm³/mol. The molecule has 21 heavy (non-hydrogen) atoms. The minimum absolute atomic E-state index is 0.155. The number of rotatable bonds is 4. The van der Waals surface area contributed by atoms with Gasteiger partial charge in [0.25, 0.3) is 0 Å². The Morgan fingerprint density at radius 2 is 1.86 bits per heavy atom. The Labute approximate surface area is 129 Å². The molecule has 2 heterocycles. The third-order valence-corrected chi connectivity index (χ3v) is 3.33. The molecule has 0 bridgehead atoms. The number of nitrogens with one attached hydrogen (secondary N) is 1. The molecule has 2 rings (SSSR count). The first-order valence-electron chi connectivity index (χ1n) is 6.85. The van der Waals surface area contributed by atoms with Crippen LogP contribution in [0.4, 0.5) is 5.82 Å². The highest BCUT2D eigenvalue weighted by molar-refractivity contribution is 6.30. The highest BCUT2D eigenvalue weighted by Crippen LogP contribution is 2.25. The third-order valence-electron chi connectivity index (χ3n) is 2.96. The molecular weight excluding hydrogens is 290 g/mol. The van der Waals surface area contributed by atoms with E-state index in [1.807, 2.05) is 6.92 Å². The molecule has 0 amide bonds. The fraction of sp³-hybridized carbons (Fsp3) is 0.571. The van der Waals surface area contributed by atoms with Gasteiger partial charge in [-0.1, -0.05) is 37.5 Å². The molecular formula is C14H20ClN5O. The number of aryl methyl sites for hydroxylation is 1. The number of aromatic nitrogens is 4. The predicted octanol–water partition coefficient (Wildman–Crippen LogP) is 3.08. The van der Waals surface area contributed by atoms with Crippen molar-refractivity contribution in [2.24, 2.45) is 0 Å². The van der Waals surface area contributed by atoms with E-state index in [1.54, 1.807) is 6.92 Å². The smallest absolute Gasteiger partial charge is 0.228 e. The molecule has 6 nitrogen and oxygen atoms in total. The molecule has 2 aromatic heterocycles. The number of anilines is 1. The van der Waals surface area contributed by atoms with E-state index in [0.717, 1.165) is 11.4 Å². The van der Waals surface area contributed by atoms with E-state index < -0.39 is 0 Å².